The lowest BCUT2D eigenvalue weighted by molar-refractivity contribution is -0.387. The van der Waals surface area contributed by atoms with E-state index >= 15 is 0 Å². The van der Waals surface area contributed by atoms with Gasteiger partial charge in [0.2, 0.25) is 0 Å². The van der Waals surface area contributed by atoms with Gasteiger partial charge in [-0.3, -0.25) is 15.1 Å². The fourth-order valence-electron chi connectivity index (χ4n) is 1.41. The van der Waals surface area contributed by atoms with E-state index in [1.165, 1.54) is 25.6 Å². The summed E-state index contributed by atoms with van der Waals surface area (Å²) in [5.74, 6) is -0.609. The summed E-state index contributed by atoms with van der Waals surface area (Å²) in [6.07, 6.45) is 2.70. The monoisotopic (exact) mass is 291 g/mol. The number of nitro groups is 1. The van der Waals surface area contributed by atoms with Crippen molar-refractivity contribution in [1.82, 2.24) is 9.97 Å². The van der Waals surface area contributed by atoms with Crippen molar-refractivity contribution in [3.8, 4) is 0 Å². The van der Waals surface area contributed by atoms with Crippen LogP contribution < -0.4 is 0 Å². The summed E-state index contributed by atoms with van der Waals surface area (Å²) >= 11 is 1.06. The fourth-order valence-corrected chi connectivity index (χ4v) is 2.28. The molecule has 0 amide bonds. The second-order valence-corrected chi connectivity index (χ2v) is 4.62. The first-order valence-corrected chi connectivity index (χ1v) is 6.25. The van der Waals surface area contributed by atoms with E-state index < -0.39 is 10.9 Å². The Kier molecular flexibility index (Phi) is 4.26. The molecular formula is C12H9N3O4S. The van der Waals surface area contributed by atoms with Crippen molar-refractivity contribution >= 4 is 23.4 Å². The van der Waals surface area contributed by atoms with Crippen LogP contribution in [-0.4, -0.2) is 28.0 Å². The van der Waals surface area contributed by atoms with Crippen molar-refractivity contribution in [3.05, 3.63) is 52.5 Å². The number of methoxy groups -OCH3 is 1. The van der Waals surface area contributed by atoms with E-state index in [1.807, 2.05) is 0 Å². The van der Waals surface area contributed by atoms with Crippen molar-refractivity contribution in [2.24, 2.45) is 0 Å². The maximum absolute atomic E-state index is 11.4. The van der Waals surface area contributed by atoms with E-state index in [0.717, 1.165) is 11.8 Å². The number of esters is 1. The number of hydrogen-bond acceptors (Lipinski definition) is 7. The predicted octanol–water partition coefficient (Wildman–Crippen LogP) is 2.32. The van der Waals surface area contributed by atoms with Gasteiger partial charge in [0.15, 0.2) is 5.69 Å². The molecule has 0 saturated carbocycles. The second kappa shape index (κ2) is 6.11. The minimum Gasteiger partial charge on any atom is -0.464 e. The molecule has 2 rings (SSSR count). The summed E-state index contributed by atoms with van der Waals surface area (Å²) in [5.41, 5.74) is 0.0267. The number of benzene rings is 1. The molecule has 1 aromatic carbocycles. The number of hydrogen-bond donors (Lipinski definition) is 0. The second-order valence-electron chi connectivity index (χ2n) is 3.56. The van der Waals surface area contributed by atoms with E-state index in [1.54, 1.807) is 18.2 Å². The zero-order chi connectivity index (χ0) is 14.5. The van der Waals surface area contributed by atoms with Gasteiger partial charge in [-0.2, -0.15) is 0 Å². The number of rotatable bonds is 4. The zero-order valence-electron chi connectivity index (χ0n) is 10.3. The number of para-hydroxylation sites is 1. The van der Waals surface area contributed by atoms with Gasteiger partial charge in [-0.1, -0.05) is 23.9 Å². The molecule has 0 aliphatic rings. The lowest BCUT2D eigenvalue weighted by Gasteiger charge is -2.03. The molecule has 0 aliphatic carbocycles. The average Bonchev–Trinajstić information content (AvgIpc) is 2.47. The maximum Gasteiger partial charge on any atom is 0.358 e. The molecule has 0 saturated heterocycles. The van der Waals surface area contributed by atoms with Crippen LogP contribution in [0.15, 0.2) is 46.6 Å². The molecule has 0 atom stereocenters. The third kappa shape index (κ3) is 3.09. The minimum atomic E-state index is -0.609. The molecule has 102 valence electrons. The highest BCUT2D eigenvalue weighted by Gasteiger charge is 2.15. The normalized spacial score (nSPS) is 10.1. The Balaban J connectivity index is 2.31. The summed E-state index contributed by atoms with van der Waals surface area (Å²) in [7, 11) is 1.24. The van der Waals surface area contributed by atoms with Crippen LogP contribution in [-0.2, 0) is 4.74 Å². The topological polar surface area (TPSA) is 95.2 Å². The van der Waals surface area contributed by atoms with Gasteiger partial charge >= 0.3 is 5.97 Å². The molecule has 0 spiro atoms. The van der Waals surface area contributed by atoms with Crippen molar-refractivity contribution in [3.63, 3.8) is 0 Å². The number of aromatic nitrogens is 2. The quantitative estimate of drug-likeness (QED) is 0.484. The highest BCUT2D eigenvalue weighted by atomic mass is 32.2. The average molecular weight is 291 g/mol. The molecule has 2 aromatic rings. The lowest BCUT2D eigenvalue weighted by atomic mass is 10.3. The summed E-state index contributed by atoms with van der Waals surface area (Å²) in [6, 6.07) is 6.28. The Bertz CT molecular complexity index is 663. The van der Waals surface area contributed by atoms with E-state index in [4.69, 9.17) is 0 Å². The van der Waals surface area contributed by atoms with Crippen LogP contribution in [0.2, 0.25) is 0 Å². The van der Waals surface area contributed by atoms with E-state index in [2.05, 4.69) is 14.7 Å². The third-order valence-corrected chi connectivity index (χ3v) is 3.25. The molecule has 0 N–H and O–H groups in total. The standard InChI is InChI=1S/C12H9N3O4S/c1-19-12(16)8-6-13-7-11(14-8)20-10-5-3-2-4-9(10)15(17)18/h2-7H,1H3. The van der Waals surface area contributed by atoms with E-state index in [9.17, 15) is 14.9 Å². The number of carbonyl (C=O) groups is 1. The molecule has 0 bridgehead atoms. The van der Waals surface area contributed by atoms with Crippen LogP contribution in [0, 0.1) is 10.1 Å². The van der Waals surface area contributed by atoms with Crippen LogP contribution in [0.1, 0.15) is 10.5 Å². The van der Waals surface area contributed by atoms with Crippen LogP contribution in [0.3, 0.4) is 0 Å². The van der Waals surface area contributed by atoms with Gasteiger partial charge in [-0.05, 0) is 6.07 Å². The van der Waals surface area contributed by atoms with Crippen molar-refractivity contribution in [2.75, 3.05) is 7.11 Å². The Morgan fingerprint density at radius 1 is 1.35 bits per heavy atom. The minimum absolute atomic E-state index is 0.0252. The molecule has 7 nitrogen and oxygen atoms in total. The maximum atomic E-state index is 11.4. The number of nitro benzene ring substituents is 1. The van der Waals surface area contributed by atoms with Gasteiger partial charge in [0.25, 0.3) is 5.69 Å². The molecule has 20 heavy (non-hydrogen) atoms. The Morgan fingerprint density at radius 3 is 2.80 bits per heavy atom. The molecule has 8 heteroatoms. The van der Waals surface area contributed by atoms with Crippen molar-refractivity contribution in [1.29, 1.82) is 0 Å². The molecule has 0 unspecified atom stereocenters. The zero-order valence-corrected chi connectivity index (χ0v) is 11.2. The van der Waals surface area contributed by atoms with Gasteiger partial charge in [-0.25, -0.2) is 9.78 Å². The van der Waals surface area contributed by atoms with Crippen LogP contribution in [0.5, 0.6) is 0 Å². The first-order chi connectivity index (χ1) is 9.61. The molecule has 0 aliphatic heterocycles. The first-order valence-electron chi connectivity index (χ1n) is 5.43. The van der Waals surface area contributed by atoms with Crippen molar-refractivity contribution in [2.45, 2.75) is 9.92 Å². The molecule has 1 heterocycles. The van der Waals surface area contributed by atoms with Crippen LogP contribution in [0.4, 0.5) is 5.69 Å². The van der Waals surface area contributed by atoms with Crippen molar-refractivity contribution < 1.29 is 14.5 Å². The third-order valence-electron chi connectivity index (χ3n) is 2.28. The highest BCUT2D eigenvalue weighted by molar-refractivity contribution is 7.99. The largest absolute Gasteiger partial charge is 0.464 e. The van der Waals surface area contributed by atoms with Gasteiger partial charge in [-0.15, -0.1) is 0 Å². The smallest absolute Gasteiger partial charge is 0.358 e. The van der Waals surface area contributed by atoms with E-state index in [0.29, 0.717) is 9.92 Å². The van der Waals surface area contributed by atoms with Crippen LogP contribution in [0.25, 0.3) is 0 Å². The first kappa shape index (κ1) is 13.9. The summed E-state index contributed by atoms with van der Waals surface area (Å²) in [5, 5.41) is 11.3. The Morgan fingerprint density at radius 2 is 2.10 bits per heavy atom. The van der Waals surface area contributed by atoms with Gasteiger partial charge in [0, 0.05) is 6.07 Å². The summed E-state index contributed by atoms with van der Waals surface area (Å²) in [6.45, 7) is 0. The SMILES string of the molecule is COC(=O)c1cncc(Sc2ccccc2[N+](=O)[O-])n1. The lowest BCUT2D eigenvalue weighted by Crippen LogP contribution is -2.05. The van der Waals surface area contributed by atoms with Gasteiger partial charge in [0.05, 0.1) is 29.3 Å². The highest BCUT2D eigenvalue weighted by Crippen LogP contribution is 2.33. The van der Waals surface area contributed by atoms with Crippen LogP contribution >= 0.6 is 11.8 Å². The Labute approximate surface area is 118 Å². The predicted molar refractivity (Wildman–Crippen MR) is 70.6 cm³/mol. The number of nitrogens with zero attached hydrogens (tertiary/aromatic N) is 3. The molecular weight excluding hydrogens is 282 g/mol. The number of carbonyl (C=O) groups excluding carboxylic acids is 1. The summed E-state index contributed by atoms with van der Waals surface area (Å²) < 4.78 is 4.54. The molecule has 0 fully saturated rings. The number of ether oxygens (including phenoxy) is 1. The molecule has 1 aromatic heterocycles. The Hall–Kier alpha value is -2.48. The summed E-state index contributed by atoms with van der Waals surface area (Å²) in [4.78, 5) is 30.1. The van der Waals surface area contributed by atoms with Gasteiger partial charge in [0.1, 0.15) is 5.03 Å². The fraction of sp³-hybridized carbons (Fsp3) is 0.0833. The van der Waals surface area contributed by atoms with E-state index in [-0.39, 0.29) is 11.4 Å². The molecule has 0 radical (unpaired) electrons. The van der Waals surface area contributed by atoms with Gasteiger partial charge < -0.3 is 4.74 Å².